The van der Waals surface area contributed by atoms with Gasteiger partial charge in [0.15, 0.2) is 0 Å². The summed E-state index contributed by atoms with van der Waals surface area (Å²) in [5.41, 5.74) is 1.64. The van der Waals surface area contributed by atoms with Crippen LogP contribution in [0.3, 0.4) is 0 Å². The predicted octanol–water partition coefficient (Wildman–Crippen LogP) is 3.24. The number of carbonyl (C=O) groups excluding carboxylic acids is 1. The number of hydrogen-bond donors (Lipinski definition) is 2. The minimum Gasteiger partial charge on any atom is -0.349 e. The highest BCUT2D eigenvalue weighted by Gasteiger charge is 2.21. The second-order valence-corrected chi connectivity index (χ2v) is 7.98. The van der Waals surface area contributed by atoms with Gasteiger partial charge in [-0.2, -0.15) is 0 Å². The number of nitrogens with zero attached hydrogens (tertiary/aromatic N) is 3. The number of benzene rings is 1. The SMILES string of the molecule is C#Cc1cccc(Nc2ncnc3sc(C(=O)NC4CCN(C)CC4)cc23)c1. The topological polar surface area (TPSA) is 70.1 Å². The van der Waals surface area contributed by atoms with Crippen molar-refractivity contribution in [2.24, 2.45) is 0 Å². The van der Waals surface area contributed by atoms with Crippen LogP contribution in [0, 0.1) is 12.3 Å². The molecule has 3 heterocycles. The molecule has 0 aliphatic carbocycles. The van der Waals surface area contributed by atoms with Crippen molar-refractivity contribution in [2.75, 3.05) is 25.5 Å². The van der Waals surface area contributed by atoms with E-state index in [0.29, 0.717) is 10.7 Å². The van der Waals surface area contributed by atoms with Gasteiger partial charge in [-0.25, -0.2) is 9.97 Å². The van der Waals surface area contributed by atoms with Crippen LogP contribution in [-0.2, 0) is 0 Å². The molecule has 2 aromatic heterocycles. The van der Waals surface area contributed by atoms with Crippen molar-refractivity contribution in [3.8, 4) is 12.3 Å². The van der Waals surface area contributed by atoms with Gasteiger partial charge < -0.3 is 15.5 Å². The van der Waals surface area contributed by atoms with Crippen molar-refractivity contribution in [3.05, 3.63) is 47.1 Å². The predicted molar refractivity (Wildman–Crippen MR) is 113 cm³/mol. The summed E-state index contributed by atoms with van der Waals surface area (Å²) < 4.78 is 0. The summed E-state index contributed by atoms with van der Waals surface area (Å²) in [7, 11) is 2.11. The van der Waals surface area contributed by atoms with Crippen molar-refractivity contribution in [1.82, 2.24) is 20.2 Å². The minimum absolute atomic E-state index is 0.0437. The molecule has 3 aromatic rings. The first kappa shape index (κ1) is 18.4. The number of aromatic nitrogens is 2. The maximum Gasteiger partial charge on any atom is 0.261 e. The fourth-order valence-corrected chi connectivity index (χ4v) is 4.20. The largest absolute Gasteiger partial charge is 0.349 e. The summed E-state index contributed by atoms with van der Waals surface area (Å²) in [4.78, 5) is 25.1. The average molecular weight is 392 g/mol. The third kappa shape index (κ3) is 3.98. The molecule has 142 valence electrons. The first-order valence-corrected chi connectivity index (χ1v) is 10.0. The maximum atomic E-state index is 12.7. The van der Waals surface area contributed by atoms with Gasteiger partial charge in [0, 0.05) is 17.3 Å². The van der Waals surface area contributed by atoms with Crippen molar-refractivity contribution in [2.45, 2.75) is 18.9 Å². The molecule has 1 amide bonds. The van der Waals surface area contributed by atoms with E-state index in [9.17, 15) is 4.79 Å². The number of hydrogen-bond acceptors (Lipinski definition) is 6. The molecule has 1 saturated heterocycles. The minimum atomic E-state index is -0.0437. The lowest BCUT2D eigenvalue weighted by atomic mass is 10.1. The lowest BCUT2D eigenvalue weighted by Gasteiger charge is -2.29. The smallest absolute Gasteiger partial charge is 0.261 e. The Morgan fingerprint density at radius 1 is 1.29 bits per heavy atom. The van der Waals surface area contributed by atoms with Crippen LogP contribution < -0.4 is 10.6 Å². The first-order chi connectivity index (χ1) is 13.6. The molecular weight excluding hydrogens is 370 g/mol. The van der Waals surface area contributed by atoms with Crippen LogP contribution >= 0.6 is 11.3 Å². The maximum absolute atomic E-state index is 12.7. The van der Waals surface area contributed by atoms with Gasteiger partial charge in [-0.05, 0) is 57.2 Å². The fraction of sp³-hybridized carbons (Fsp3) is 0.286. The highest BCUT2D eigenvalue weighted by Crippen LogP contribution is 2.30. The summed E-state index contributed by atoms with van der Waals surface area (Å²) in [6.45, 7) is 2.02. The number of thiophene rings is 1. The van der Waals surface area contributed by atoms with Gasteiger partial charge in [-0.3, -0.25) is 4.79 Å². The van der Waals surface area contributed by atoms with E-state index in [1.54, 1.807) is 0 Å². The molecule has 7 heteroatoms. The zero-order valence-corrected chi connectivity index (χ0v) is 16.4. The zero-order chi connectivity index (χ0) is 19.5. The molecule has 4 rings (SSSR count). The van der Waals surface area contributed by atoms with E-state index >= 15 is 0 Å². The molecule has 0 radical (unpaired) electrons. The second kappa shape index (κ2) is 7.97. The molecule has 0 saturated carbocycles. The summed E-state index contributed by atoms with van der Waals surface area (Å²) >= 11 is 1.38. The van der Waals surface area contributed by atoms with E-state index in [0.717, 1.165) is 47.4 Å². The van der Waals surface area contributed by atoms with Gasteiger partial charge in [0.05, 0.1) is 10.3 Å². The Morgan fingerprint density at radius 2 is 2.11 bits per heavy atom. The Morgan fingerprint density at radius 3 is 2.89 bits per heavy atom. The van der Waals surface area contributed by atoms with Crippen molar-refractivity contribution >= 4 is 39.0 Å². The molecule has 1 fully saturated rings. The Bertz CT molecular complexity index is 1050. The normalized spacial score (nSPS) is 15.3. The standard InChI is InChI=1S/C21H21N5OS/c1-3-14-5-4-6-16(11-14)24-19-17-12-18(28-21(17)23-13-22-19)20(27)25-15-7-9-26(2)10-8-15/h1,4-6,11-13,15H,7-10H2,2H3,(H,25,27)(H,22,23,24). The second-order valence-electron chi connectivity index (χ2n) is 6.95. The number of rotatable bonds is 4. The molecule has 28 heavy (non-hydrogen) atoms. The van der Waals surface area contributed by atoms with Gasteiger partial charge in [0.1, 0.15) is 17.0 Å². The number of amides is 1. The molecule has 0 bridgehead atoms. The monoisotopic (exact) mass is 391 g/mol. The van der Waals surface area contributed by atoms with Crippen molar-refractivity contribution < 1.29 is 4.79 Å². The van der Waals surface area contributed by atoms with Gasteiger partial charge in [-0.1, -0.05) is 12.0 Å². The first-order valence-electron chi connectivity index (χ1n) is 9.20. The van der Waals surface area contributed by atoms with Crippen molar-refractivity contribution in [3.63, 3.8) is 0 Å². The molecule has 1 aliphatic rings. The third-order valence-corrected chi connectivity index (χ3v) is 5.94. The summed E-state index contributed by atoms with van der Waals surface area (Å²) in [5, 5.41) is 7.26. The molecular formula is C21H21N5OS. The summed E-state index contributed by atoms with van der Waals surface area (Å²) in [5.74, 6) is 3.24. The van der Waals surface area contributed by atoms with Gasteiger partial charge in [0.25, 0.3) is 5.91 Å². The van der Waals surface area contributed by atoms with Gasteiger partial charge in [0.2, 0.25) is 0 Å². The van der Waals surface area contributed by atoms with Gasteiger partial charge >= 0.3 is 0 Å². The third-order valence-electron chi connectivity index (χ3n) is 4.90. The Balaban J connectivity index is 1.55. The highest BCUT2D eigenvalue weighted by atomic mass is 32.1. The summed E-state index contributed by atoms with van der Waals surface area (Å²) in [6, 6.07) is 9.66. The molecule has 1 aromatic carbocycles. The number of likely N-dealkylation sites (tertiary alicyclic amines) is 1. The number of carbonyl (C=O) groups is 1. The Labute approximate surface area is 168 Å². The Hall–Kier alpha value is -2.95. The number of nitrogens with one attached hydrogen (secondary N) is 2. The number of anilines is 2. The Kier molecular flexibility index (Phi) is 5.24. The zero-order valence-electron chi connectivity index (χ0n) is 15.6. The quantitative estimate of drug-likeness (QED) is 0.668. The van der Waals surface area contributed by atoms with E-state index in [1.807, 2.05) is 30.3 Å². The lowest BCUT2D eigenvalue weighted by Crippen LogP contribution is -2.43. The number of fused-ring (bicyclic) bond motifs is 1. The molecule has 1 aliphatic heterocycles. The van der Waals surface area contributed by atoms with E-state index in [4.69, 9.17) is 6.42 Å². The van der Waals surface area contributed by atoms with E-state index in [1.165, 1.54) is 17.7 Å². The van der Waals surface area contributed by atoms with Crippen LogP contribution in [0.2, 0.25) is 0 Å². The number of terminal acetylenes is 1. The molecule has 6 nitrogen and oxygen atoms in total. The van der Waals surface area contributed by atoms with E-state index < -0.39 is 0 Å². The van der Waals surface area contributed by atoms with E-state index in [2.05, 4.69) is 38.5 Å². The highest BCUT2D eigenvalue weighted by molar-refractivity contribution is 7.20. The van der Waals surface area contributed by atoms with Crippen molar-refractivity contribution in [1.29, 1.82) is 0 Å². The van der Waals surface area contributed by atoms with Crippen LogP contribution in [0.4, 0.5) is 11.5 Å². The van der Waals surface area contributed by atoms with Crippen LogP contribution in [0.1, 0.15) is 28.1 Å². The fourth-order valence-electron chi connectivity index (χ4n) is 3.30. The van der Waals surface area contributed by atoms with Crippen LogP contribution in [0.5, 0.6) is 0 Å². The molecule has 0 atom stereocenters. The molecule has 2 N–H and O–H groups in total. The van der Waals surface area contributed by atoms with E-state index in [-0.39, 0.29) is 11.9 Å². The van der Waals surface area contributed by atoms with Crippen LogP contribution in [-0.4, -0.2) is 47.0 Å². The lowest BCUT2D eigenvalue weighted by molar-refractivity contribution is 0.0921. The van der Waals surface area contributed by atoms with Crippen LogP contribution in [0.15, 0.2) is 36.7 Å². The average Bonchev–Trinajstić information content (AvgIpc) is 3.15. The molecule has 0 unspecified atom stereocenters. The van der Waals surface area contributed by atoms with Crippen LogP contribution in [0.25, 0.3) is 10.2 Å². The summed E-state index contributed by atoms with van der Waals surface area (Å²) in [6.07, 6.45) is 8.93. The van der Waals surface area contributed by atoms with Gasteiger partial charge in [-0.15, -0.1) is 17.8 Å². The number of piperidine rings is 1. The molecule has 0 spiro atoms.